The number of hydrogen-bond donors (Lipinski definition) is 1. The number of nitrogens with zero attached hydrogens (tertiary/aromatic N) is 3. The van der Waals surface area contributed by atoms with Crippen molar-refractivity contribution < 1.29 is 4.79 Å². The van der Waals surface area contributed by atoms with Crippen LogP contribution in [0.25, 0.3) is 0 Å². The number of nitrogens with one attached hydrogen (secondary N) is 1. The number of nitriles is 1. The summed E-state index contributed by atoms with van der Waals surface area (Å²) >= 11 is 0. The Morgan fingerprint density at radius 1 is 1.20 bits per heavy atom. The van der Waals surface area contributed by atoms with E-state index in [-0.39, 0.29) is 23.1 Å². The third-order valence-electron chi connectivity index (χ3n) is 5.51. The molecule has 1 aliphatic carbocycles. The molecule has 0 bridgehead atoms. The van der Waals surface area contributed by atoms with Crippen molar-refractivity contribution in [3.63, 3.8) is 0 Å². The van der Waals surface area contributed by atoms with Gasteiger partial charge in [-0.3, -0.25) is 14.5 Å². The molecule has 1 amide bonds. The van der Waals surface area contributed by atoms with Crippen LogP contribution in [-0.2, 0) is 0 Å². The molecule has 1 aromatic rings. The van der Waals surface area contributed by atoms with Crippen LogP contribution < -0.4 is 5.56 Å². The minimum Gasteiger partial charge on any atom is -0.336 e. The van der Waals surface area contributed by atoms with E-state index in [0.717, 1.165) is 18.5 Å². The molecular weight excluding hydrogens is 316 g/mol. The van der Waals surface area contributed by atoms with Crippen molar-refractivity contribution in [2.75, 3.05) is 26.2 Å². The Balaban J connectivity index is 1.62. The number of H-pyrrole nitrogens is 1. The number of aromatic amines is 1. The summed E-state index contributed by atoms with van der Waals surface area (Å²) in [5, 5.41) is 9.63. The van der Waals surface area contributed by atoms with Gasteiger partial charge in [-0.25, -0.2) is 0 Å². The first-order chi connectivity index (χ1) is 12.1. The van der Waals surface area contributed by atoms with Gasteiger partial charge in [-0.1, -0.05) is 19.3 Å². The van der Waals surface area contributed by atoms with Crippen molar-refractivity contribution in [2.45, 2.75) is 45.1 Å². The maximum absolute atomic E-state index is 12.6. The van der Waals surface area contributed by atoms with Crippen molar-refractivity contribution >= 4 is 5.91 Å². The van der Waals surface area contributed by atoms with Crippen LogP contribution in [0.5, 0.6) is 0 Å². The highest BCUT2D eigenvalue weighted by atomic mass is 16.2. The van der Waals surface area contributed by atoms with E-state index in [9.17, 15) is 14.9 Å². The molecule has 6 heteroatoms. The van der Waals surface area contributed by atoms with E-state index >= 15 is 0 Å². The molecule has 1 aromatic heterocycles. The zero-order valence-corrected chi connectivity index (χ0v) is 14.8. The molecule has 1 saturated carbocycles. The average molecular weight is 342 g/mol. The standard InChI is InChI=1S/C19H26N4O2/c1-14-7-8-16(18(24)21-14)19(25)23-11-9-22(10-12-23)17(13-20)15-5-3-2-4-6-15/h7-8,15,17H,2-6,9-12H2,1H3,(H,21,24). The summed E-state index contributed by atoms with van der Waals surface area (Å²) in [6.45, 7) is 4.32. The Kier molecular flexibility index (Phi) is 5.54. The zero-order valence-electron chi connectivity index (χ0n) is 14.8. The van der Waals surface area contributed by atoms with Gasteiger partial charge in [-0.15, -0.1) is 0 Å². The topological polar surface area (TPSA) is 80.2 Å². The molecule has 1 saturated heterocycles. The summed E-state index contributed by atoms with van der Waals surface area (Å²) < 4.78 is 0. The van der Waals surface area contributed by atoms with E-state index in [0.29, 0.717) is 32.1 Å². The van der Waals surface area contributed by atoms with E-state index in [1.54, 1.807) is 24.0 Å². The lowest BCUT2D eigenvalue weighted by Gasteiger charge is -2.40. The second-order valence-corrected chi connectivity index (χ2v) is 7.18. The normalized spacial score (nSPS) is 20.9. The van der Waals surface area contributed by atoms with Crippen LogP contribution >= 0.6 is 0 Å². The van der Waals surface area contributed by atoms with Crippen molar-refractivity contribution in [3.05, 3.63) is 33.7 Å². The van der Waals surface area contributed by atoms with Gasteiger partial charge < -0.3 is 9.88 Å². The minimum absolute atomic E-state index is 0.0414. The van der Waals surface area contributed by atoms with E-state index in [2.05, 4.69) is 16.0 Å². The van der Waals surface area contributed by atoms with E-state index in [1.807, 2.05) is 0 Å². The lowest BCUT2D eigenvalue weighted by Crippen LogP contribution is -2.54. The van der Waals surface area contributed by atoms with E-state index in [1.165, 1.54) is 19.3 Å². The summed E-state index contributed by atoms with van der Waals surface area (Å²) in [5.74, 6) is 0.244. The van der Waals surface area contributed by atoms with Gasteiger partial charge in [0, 0.05) is 31.9 Å². The first-order valence-corrected chi connectivity index (χ1v) is 9.23. The van der Waals surface area contributed by atoms with Crippen LogP contribution in [0, 0.1) is 24.2 Å². The lowest BCUT2D eigenvalue weighted by molar-refractivity contribution is 0.0537. The van der Waals surface area contributed by atoms with Crippen molar-refractivity contribution in [1.82, 2.24) is 14.8 Å². The molecule has 2 aliphatic rings. The Bertz CT molecular complexity index is 707. The predicted molar refractivity (Wildman–Crippen MR) is 95.3 cm³/mol. The number of carbonyl (C=O) groups excluding carboxylic acids is 1. The summed E-state index contributed by atoms with van der Waals surface area (Å²) in [4.78, 5) is 31.2. The number of rotatable bonds is 3. The lowest BCUT2D eigenvalue weighted by atomic mass is 9.83. The molecule has 0 aromatic carbocycles. The molecule has 2 fully saturated rings. The molecule has 1 aliphatic heterocycles. The molecule has 0 spiro atoms. The molecule has 2 heterocycles. The molecule has 1 atom stereocenters. The van der Waals surface area contributed by atoms with Crippen LogP contribution in [0.2, 0.25) is 0 Å². The van der Waals surface area contributed by atoms with Gasteiger partial charge in [-0.05, 0) is 37.8 Å². The van der Waals surface area contributed by atoms with Crippen molar-refractivity contribution in [3.8, 4) is 6.07 Å². The van der Waals surface area contributed by atoms with Gasteiger partial charge >= 0.3 is 0 Å². The number of carbonyl (C=O) groups is 1. The Morgan fingerprint density at radius 3 is 2.48 bits per heavy atom. The number of aryl methyl sites for hydroxylation is 1. The van der Waals surface area contributed by atoms with Gasteiger partial charge in [0.15, 0.2) is 0 Å². The smallest absolute Gasteiger partial charge is 0.260 e. The number of hydrogen-bond acceptors (Lipinski definition) is 4. The van der Waals surface area contributed by atoms with E-state index in [4.69, 9.17) is 0 Å². The molecule has 1 N–H and O–H groups in total. The van der Waals surface area contributed by atoms with Gasteiger partial charge in [0.2, 0.25) is 0 Å². The Hall–Kier alpha value is -2.13. The molecule has 1 unspecified atom stereocenters. The Morgan fingerprint density at radius 2 is 1.88 bits per heavy atom. The van der Waals surface area contributed by atoms with Crippen LogP contribution in [0.15, 0.2) is 16.9 Å². The predicted octanol–water partition coefficient (Wildman–Crippen LogP) is 1.91. The summed E-state index contributed by atoms with van der Waals surface area (Å²) in [6.07, 6.45) is 5.99. The highest BCUT2D eigenvalue weighted by Gasteiger charge is 2.32. The minimum atomic E-state index is -0.329. The van der Waals surface area contributed by atoms with Crippen LogP contribution in [0.3, 0.4) is 0 Å². The first kappa shape index (κ1) is 17.7. The largest absolute Gasteiger partial charge is 0.336 e. The third kappa shape index (κ3) is 3.93. The molecule has 3 rings (SSSR count). The number of piperazine rings is 1. The van der Waals surface area contributed by atoms with Crippen LogP contribution in [0.1, 0.15) is 48.2 Å². The zero-order chi connectivity index (χ0) is 17.8. The monoisotopic (exact) mass is 342 g/mol. The molecule has 0 radical (unpaired) electrons. The van der Waals surface area contributed by atoms with Gasteiger partial charge in [0.05, 0.1) is 6.07 Å². The fourth-order valence-electron chi connectivity index (χ4n) is 4.05. The molecule has 6 nitrogen and oxygen atoms in total. The third-order valence-corrected chi connectivity index (χ3v) is 5.51. The average Bonchev–Trinajstić information content (AvgIpc) is 2.63. The van der Waals surface area contributed by atoms with Gasteiger partial charge in [0.1, 0.15) is 11.6 Å². The second-order valence-electron chi connectivity index (χ2n) is 7.18. The molecule has 25 heavy (non-hydrogen) atoms. The molecular formula is C19H26N4O2. The summed E-state index contributed by atoms with van der Waals surface area (Å²) in [6, 6.07) is 5.81. The summed E-state index contributed by atoms with van der Waals surface area (Å²) in [7, 11) is 0. The Labute approximate surface area is 148 Å². The fraction of sp³-hybridized carbons (Fsp3) is 0.632. The number of amides is 1. The van der Waals surface area contributed by atoms with Gasteiger partial charge in [-0.2, -0.15) is 5.26 Å². The molecule has 134 valence electrons. The number of pyridine rings is 1. The van der Waals surface area contributed by atoms with Crippen molar-refractivity contribution in [1.29, 1.82) is 5.26 Å². The van der Waals surface area contributed by atoms with E-state index < -0.39 is 0 Å². The van der Waals surface area contributed by atoms with Gasteiger partial charge in [0.25, 0.3) is 11.5 Å². The van der Waals surface area contributed by atoms with Crippen LogP contribution in [-0.4, -0.2) is 52.9 Å². The summed E-state index contributed by atoms with van der Waals surface area (Å²) in [5.41, 5.74) is 0.614. The van der Waals surface area contributed by atoms with Crippen LogP contribution in [0.4, 0.5) is 0 Å². The van der Waals surface area contributed by atoms with Crippen molar-refractivity contribution in [2.24, 2.45) is 5.92 Å². The highest BCUT2D eigenvalue weighted by molar-refractivity contribution is 5.93. The maximum Gasteiger partial charge on any atom is 0.260 e. The second kappa shape index (κ2) is 7.83. The SMILES string of the molecule is Cc1ccc(C(=O)N2CCN(C(C#N)C3CCCCC3)CC2)c(=O)[nH]1. The highest BCUT2D eigenvalue weighted by Crippen LogP contribution is 2.29. The maximum atomic E-state index is 12.6. The fourth-order valence-corrected chi connectivity index (χ4v) is 4.05. The quantitative estimate of drug-likeness (QED) is 0.910. The number of aromatic nitrogens is 1. The first-order valence-electron chi connectivity index (χ1n) is 9.23.